The topological polar surface area (TPSA) is 154 Å². The monoisotopic (exact) mass is 769 g/mol. The van der Waals surface area contributed by atoms with Crippen LogP contribution in [0.1, 0.15) is 91.5 Å². The molecule has 1 saturated heterocycles. The predicted molar refractivity (Wildman–Crippen MR) is 214 cm³/mol. The number of hydrogen-bond acceptors (Lipinski definition) is 7. The second kappa shape index (κ2) is 18.3. The Hall–Kier alpha value is -5.00. The van der Waals surface area contributed by atoms with Gasteiger partial charge in [-0.05, 0) is 87.3 Å². The number of hydrogen-bond donors (Lipinski definition) is 3. The third-order valence-electron chi connectivity index (χ3n) is 11.5. The molecule has 12 nitrogen and oxygen atoms in total. The molecule has 5 rings (SSSR count). The summed E-state index contributed by atoms with van der Waals surface area (Å²) in [4.78, 5) is 85.4. The summed E-state index contributed by atoms with van der Waals surface area (Å²) in [5.74, 6) is -3.03. The van der Waals surface area contributed by atoms with Crippen LogP contribution in [0.2, 0.25) is 0 Å². The molecule has 0 bridgehead atoms. The van der Waals surface area contributed by atoms with Gasteiger partial charge in [-0.25, -0.2) is 4.79 Å². The fraction of sp³-hybridized carbons (Fsp3) is 0.545. The van der Waals surface area contributed by atoms with Gasteiger partial charge in [0.2, 0.25) is 23.5 Å². The third kappa shape index (κ3) is 10.4. The molecule has 302 valence electrons. The Morgan fingerprint density at radius 2 is 1.59 bits per heavy atom. The van der Waals surface area contributed by atoms with E-state index in [4.69, 9.17) is 4.74 Å². The summed E-state index contributed by atoms with van der Waals surface area (Å²) in [6.07, 6.45) is 5.82. The van der Waals surface area contributed by atoms with Crippen LogP contribution in [0.25, 0.3) is 0 Å². The van der Waals surface area contributed by atoms with Crippen molar-refractivity contribution in [2.24, 2.45) is 23.2 Å². The van der Waals surface area contributed by atoms with Gasteiger partial charge in [0.25, 0.3) is 5.91 Å². The number of Topliss-reactive ketones (excluding diaryl/α,β-unsaturated/α-hetero) is 1. The summed E-state index contributed by atoms with van der Waals surface area (Å²) in [5.41, 5.74) is 0.682. The fourth-order valence-corrected chi connectivity index (χ4v) is 8.45. The van der Waals surface area contributed by atoms with Gasteiger partial charge in [0.15, 0.2) is 0 Å². The number of benzene rings is 2. The summed E-state index contributed by atoms with van der Waals surface area (Å²) in [6.45, 7) is 13.8. The Bertz CT molecular complexity index is 1730. The molecule has 1 unspecified atom stereocenters. The minimum atomic E-state index is -1.18. The lowest BCUT2D eigenvalue weighted by Gasteiger charge is -2.37. The van der Waals surface area contributed by atoms with Crippen molar-refractivity contribution < 1.29 is 33.5 Å². The molecule has 2 aromatic rings. The number of piperidine rings is 1. The first-order chi connectivity index (χ1) is 26.6. The molecule has 3 fully saturated rings. The molecule has 12 heteroatoms. The van der Waals surface area contributed by atoms with Crippen LogP contribution in [0.5, 0.6) is 0 Å². The maximum atomic E-state index is 14.5. The van der Waals surface area contributed by atoms with E-state index in [1.807, 2.05) is 60.7 Å². The van der Waals surface area contributed by atoms with Gasteiger partial charge in [-0.1, -0.05) is 87.7 Å². The molecule has 56 heavy (non-hydrogen) atoms. The number of amides is 5. The van der Waals surface area contributed by atoms with Crippen LogP contribution >= 0.6 is 0 Å². The highest BCUT2D eigenvalue weighted by Crippen LogP contribution is 2.65. The Kier molecular flexibility index (Phi) is 13.8. The van der Waals surface area contributed by atoms with Gasteiger partial charge >= 0.3 is 6.09 Å². The predicted octanol–water partition coefficient (Wildman–Crippen LogP) is 5.70. The van der Waals surface area contributed by atoms with Gasteiger partial charge in [0.05, 0.1) is 12.6 Å². The number of nitrogens with zero attached hydrogens (tertiary/aromatic N) is 2. The Balaban J connectivity index is 1.26. The number of carbonyl (C=O) groups excluding carboxylic acids is 6. The number of allylic oxidation sites excluding steroid dienone is 1. The summed E-state index contributed by atoms with van der Waals surface area (Å²) in [6, 6.07) is 15.9. The largest absolute Gasteiger partial charge is 0.444 e. The van der Waals surface area contributed by atoms with Crippen LogP contribution in [0.3, 0.4) is 0 Å². The highest BCUT2D eigenvalue weighted by molar-refractivity contribution is 6.38. The van der Waals surface area contributed by atoms with Crippen molar-refractivity contribution in [1.29, 1.82) is 0 Å². The van der Waals surface area contributed by atoms with E-state index in [9.17, 15) is 28.8 Å². The average Bonchev–Trinajstić information content (AvgIpc) is 3.47. The molecular formula is C44H59N5O7. The molecule has 2 aromatic carbocycles. The zero-order valence-electron chi connectivity index (χ0n) is 33.6. The Morgan fingerprint density at radius 1 is 0.946 bits per heavy atom. The quantitative estimate of drug-likeness (QED) is 0.146. The van der Waals surface area contributed by atoms with E-state index in [0.29, 0.717) is 25.2 Å². The van der Waals surface area contributed by atoms with Crippen molar-refractivity contribution in [2.75, 3.05) is 18.0 Å². The smallest absolute Gasteiger partial charge is 0.408 e. The molecule has 3 aliphatic rings. The van der Waals surface area contributed by atoms with Crippen LogP contribution in [0.4, 0.5) is 10.5 Å². The van der Waals surface area contributed by atoms with Crippen molar-refractivity contribution in [2.45, 2.75) is 116 Å². The molecular weight excluding hydrogens is 711 g/mol. The van der Waals surface area contributed by atoms with Gasteiger partial charge in [-0.2, -0.15) is 0 Å². The number of nitrogens with one attached hydrogen (secondary N) is 3. The zero-order chi connectivity index (χ0) is 40.6. The zero-order valence-corrected chi connectivity index (χ0v) is 33.6. The van der Waals surface area contributed by atoms with Gasteiger partial charge < -0.3 is 30.5 Å². The number of ether oxygens (including phenoxy) is 1. The van der Waals surface area contributed by atoms with Crippen molar-refractivity contribution in [3.8, 4) is 0 Å². The minimum absolute atomic E-state index is 0.0543. The second-order valence-electron chi connectivity index (χ2n) is 17.0. The number of alkyl carbamates (subject to hydrolysis) is 1. The van der Waals surface area contributed by atoms with Crippen molar-refractivity contribution in [3.05, 3.63) is 78.9 Å². The van der Waals surface area contributed by atoms with E-state index >= 15 is 0 Å². The van der Waals surface area contributed by atoms with E-state index in [-0.39, 0.29) is 54.4 Å². The van der Waals surface area contributed by atoms with Crippen LogP contribution < -0.4 is 20.9 Å². The molecule has 5 amide bonds. The van der Waals surface area contributed by atoms with Crippen molar-refractivity contribution in [1.82, 2.24) is 20.9 Å². The standard InChI is InChI=1S/C44H59N5O7/c1-7-8-24-33(38(51)40(53)45-26-25-34(50)48(31-22-16-11-17-23-31)27-29-18-12-9-13-19-29)46-39(52)37-35-32(44(35,5)6)28-49(37)41(54)36(30-20-14-10-15-21-30)47-42(55)56-43(2,3)4/h7,9,11-13,16-19,22-23,30,32-33,35-37H,1,8,10,14-15,20-21,24-28H2,2-6H3,(H,45,53)(H,46,52)(H,47,55)/t32-,33?,35-,36-,37-/m0/s1. The normalized spacial score (nSPS) is 21.1. The summed E-state index contributed by atoms with van der Waals surface area (Å²) < 4.78 is 5.54. The van der Waals surface area contributed by atoms with Crippen LogP contribution in [0, 0.1) is 23.2 Å². The maximum absolute atomic E-state index is 14.5. The molecule has 3 N–H and O–H groups in total. The number of ketones is 1. The molecule has 0 spiro atoms. The molecule has 2 aliphatic carbocycles. The number of fused-ring (bicyclic) bond motifs is 1. The first-order valence-corrected chi connectivity index (χ1v) is 20.0. The number of anilines is 1. The molecule has 5 atom stereocenters. The number of likely N-dealkylation sites (tertiary alicyclic amines) is 1. The van der Waals surface area contributed by atoms with E-state index in [1.54, 1.807) is 36.6 Å². The van der Waals surface area contributed by atoms with Gasteiger partial charge in [0.1, 0.15) is 17.7 Å². The SMILES string of the molecule is C=CCCC(NC(=O)[C@@H]1[C@@H]2[C@H](CN1C(=O)[C@@H](NC(=O)OC(C)(C)C)C1CCCCC1)C2(C)C)C(=O)C(=O)NCCC(=O)N(Cc1ccccc1)c1ccccc1. The minimum Gasteiger partial charge on any atom is -0.444 e. The maximum Gasteiger partial charge on any atom is 0.408 e. The molecule has 1 heterocycles. The molecule has 0 aromatic heterocycles. The van der Waals surface area contributed by atoms with Crippen LogP contribution in [-0.4, -0.2) is 77.2 Å². The first-order valence-electron chi connectivity index (χ1n) is 20.0. The van der Waals surface area contributed by atoms with Gasteiger partial charge in [-0.15, -0.1) is 6.58 Å². The summed E-state index contributed by atoms with van der Waals surface area (Å²) in [7, 11) is 0. The Labute approximate surface area is 331 Å². The fourth-order valence-electron chi connectivity index (χ4n) is 8.45. The summed E-state index contributed by atoms with van der Waals surface area (Å²) >= 11 is 0. The lowest BCUT2D eigenvalue weighted by atomic mass is 9.83. The average molecular weight is 770 g/mol. The van der Waals surface area contributed by atoms with Gasteiger partial charge in [0, 0.05) is 25.2 Å². The third-order valence-corrected chi connectivity index (χ3v) is 11.5. The lowest BCUT2D eigenvalue weighted by Crippen LogP contribution is -2.60. The van der Waals surface area contributed by atoms with Crippen LogP contribution in [-0.2, 0) is 35.3 Å². The lowest BCUT2D eigenvalue weighted by molar-refractivity contribution is -0.145. The van der Waals surface area contributed by atoms with E-state index < -0.39 is 47.4 Å². The molecule has 0 radical (unpaired) electrons. The second-order valence-corrected chi connectivity index (χ2v) is 17.0. The van der Waals surface area contributed by atoms with Gasteiger partial charge in [-0.3, -0.25) is 24.0 Å². The van der Waals surface area contributed by atoms with E-state index in [0.717, 1.165) is 37.7 Å². The molecule has 1 aliphatic heterocycles. The Morgan fingerprint density at radius 3 is 2.21 bits per heavy atom. The number of para-hydroxylation sites is 1. The highest BCUT2D eigenvalue weighted by atomic mass is 16.6. The van der Waals surface area contributed by atoms with Crippen molar-refractivity contribution in [3.63, 3.8) is 0 Å². The van der Waals surface area contributed by atoms with Crippen LogP contribution in [0.15, 0.2) is 73.3 Å². The first kappa shape index (κ1) is 42.1. The van der Waals surface area contributed by atoms with Crippen molar-refractivity contribution >= 4 is 41.2 Å². The van der Waals surface area contributed by atoms with E-state index in [1.165, 1.54) is 0 Å². The summed E-state index contributed by atoms with van der Waals surface area (Å²) in [5, 5.41) is 8.29. The number of carbonyl (C=O) groups is 6. The highest BCUT2D eigenvalue weighted by Gasteiger charge is 2.69. The number of rotatable bonds is 16. The molecule has 2 saturated carbocycles. The van der Waals surface area contributed by atoms with E-state index in [2.05, 4.69) is 36.4 Å².